The van der Waals surface area contributed by atoms with Crippen LogP contribution < -0.4 is 0 Å². The zero-order chi connectivity index (χ0) is 19.7. The van der Waals surface area contributed by atoms with Crippen molar-refractivity contribution in [3.05, 3.63) is 71.8 Å². The third-order valence-corrected chi connectivity index (χ3v) is 5.20. The average molecular weight is 390 g/mol. The van der Waals surface area contributed by atoms with Crippen molar-refractivity contribution in [3.8, 4) is 22.1 Å². The lowest BCUT2D eigenvalue weighted by atomic mass is 10.1. The van der Waals surface area contributed by atoms with Gasteiger partial charge in [0, 0.05) is 17.8 Å². The van der Waals surface area contributed by atoms with Gasteiger partial charge in [-0.1, -0.05) is 12.1 Å². The van der Waals surface area contributed by atoms with E-state index in [4.69, 9.17) is 5.11 Å². The standard InChI is InChI=1S/C21H14N2O4S/c24-17-8-5-12(21(26)27)9-13(17)11-22-14-6-7-15(18(25)10-14)20-23-16-3-1-2-4-19(16)28-20/h1-11,24-25H,(H,26,27). The second-order valence-electron chi connectivity index (χ2n) is 6.03. The molecule has 0 spiro atoms. The predicted molar refractivity (Wildman–Crippen MR) is 109 cm³/mol. The number of hydrogen-bond acceptors (Lipinski definition) is 6. The van der Waals surface area contributed by atoms with E-state index in [0.29, 0.717) is 16.3 Å². The van der Waals surface area contributed by atoms with Gasteiger partial charge in [-0.3, -0.25) is 4.99 Å². The van der Waals surface area contributed by atoms with Crippen molar-refractivity contribution >= 4 is 39.4 Å². The summed E-state index contributed by atoms with van der Waals surface area (Å²) in [5, 5.41) is 30.0. The Morgan fingerprint density at radius 3 is 2.57 bits per heavy atom. The summed E-state index contributed by atoms with van der Waals surface area (Å²) in [4.78, 5) is 19.8. The van der Waals surface area contributed by atoms with E-state index < -0.39 is 5.97 Å². The minimum atomic E-state index is -1.09. The third kappa shape index (κ3) is 3.43. The number of fused-ring (bicyclic) bond motifs is 1. The number of nitrogens with zero attached hydrogens (tertiary/aromatic N) is 2. The Morgan fingerprint density at radius 1 is 1.00 bits per heavy atom. The highest BCUT2D eigenvalue weighted by Crippen LogP contribution is 2.37. The number of thiazole rings is 1. The second-order valence-corrected chi connectivity index (χ2v) is 7.06. The van der Waals surface area contributed by atoms with Gasteiger partial charge >= 0.3 is 5.97 Å². The highest BCUT2D eigenvalue weighted by atomic mass is 32.1. The van der Waals surface area contributed by atoms with Gasteiger partial charge in [-0.15, -0.1) is 11.3 Å². The SMILES string of the molecule is O=C(O)c1ccc(O)c(C=Nc2ccc(-c3nc4ccccc4s3)c(O)c2)c1. The second kappa shape index (κ2) is 7.13. The predicted octanol–water partition coefficient (Wildman–Crippen LogP) is 4.82. The van der Waals surface area contributed by atoms with Gasteiger partial charge in [-0.2, -0.15) is 0 Å². The van der Waals surface area contributed by atoms with E-state index in [-0.39, 0.29) is 22.6 Å². The van der Waals surface area contributed by atoms with Gasteiger partial charge in [-0.05, 0) is 42.5 Å². The molecular formula is C21H14N2O4S. The Bertz CT molecular complexity index is 1200. The quantitative estimate of drug-likeness (QED) is 0.433. The highest BCUT2D eigenvalue weighted by molar-refractivity contribution is 7.21. The number of para-hydroxylation sites is 1. The molecule has 28 heavy (non-hydrogen) atoms. The van der Waals surface area contributed by atoms with E-state index in [9.17, 15) is 15.0 Å². The fourth-order valence-electron chi connectivity index (χ4n) is 2.70. The molecule has 138 valence electrons. The van der Waals surface area contributed by atoms with Crippen LogP contribution in [0.2, 0.25) is 0 Å². The molecule has 0 aliphatic rings. The Morgan fingerprint density at radius 2 is 1.82 bits per heavy atom. The van der Waals surface area contributed by atoms with Crippen LogP contribution >= 0.6 is 11.3 Å². The number of phenolic OH excluding ortho intramolecular Hbond substituents is 2. The fourth-order valence-corrected chi connectivity index (χ4v) is 3.70. The van der Waals surface area contributed by atoms with Crippen molar-refractivity contribution < 1.29 is 20.1 Å². The summed E-state index contributed by atoms with van der Waals surface area (Å²) in [6.07, 6.45) is 1.36. The molecule has 6 nitrogen and oxygen atoms in total. The number of carbonyl (C=O) groups is 1. The molecule has 0 aliphatic heterocycles. The summed E-state index contributed by atoms with van der Waals surface area (Å²) >= 11 is 1.49. The van der Waals surface area contributed by atoms with Crippen molar-refractivity contribution in [1.29, 1.82) is 0 Å². The Kier molecular flexibility index (Phi) is 4.50. The zero-order valence-corrected chi connectivity index (χ0v) is 15.2. The summed E-state index contributed by atoms with van der Waals surface area (Å²) in [6.45, 7) is 0. The molecule has 3 N–H and O–H groups in total. The van der Waals surface area contributed by atoms with Crippen molar-refractivity contribution in [2.75, 3.05) is 0 Å². The molecule has 0 aliphatic carbocycles. The van der Waals surface area contributed by atoms with Gasteiger partial charge in [0.25, 0.3) is 0 Å². The highest BCUT2D eigenvalue weighted by Gasteiger charge is 2.11. The van der Waals surface area contributed by atoms with Gasteiger partial charge in [-0.25, -0.2) is 9.78 Å². The molecule has 1 aromatic heterocycles. The van der Waals surface area contributed by atoms with Crippen LogP contribution in [-0.2, 0) is 0 Å². The first-order chi connectivity index (χ1) is 13.5. The van der Waals surface area contributed by atoms with Gasteiger partial charge in [0.1, 0.15) is 16.5 Å². The monoisotopic (exact) mass is 390 g/mol. The van der Waals surface area contributed by atoms with Crippen molar-refractivity contribution in [1.82, 2.24) is 4.98 Å². The normalized spacial score (nSPS) is 11.3. The van der Waals surface area contributed by atoms with E-state index in [0.717, 1.165) is 10.2 Å². The summed E-state index contributed by atoms with van der Waals surface area (Å²) in [5.74, 6) is -1.13. The summed E-state index contributed by atoms with van der Waals surface area (Å²) < 4.78 is 1.03. The molecule has 4 aromatic rings. The zero-order valence-electron chi connectivity index (χ0n) is 14.4. The largest absolute Gasteiger partial charge is 0.507 e. The molecule has 0 unspecified atom stereocenters. The minimum Gasteiger partial charge on any atom is -0.507 e. The smallest absolute Gasteiger partial charge is 0.335 e. The van der Waals surface area contributed by atoms with Crippen LogP contribution in [0.1, 0.15) is 15.9 Å². The number of hydrogen-bond donors (Lipinski definition) is 3. The number of aromatic hydroxyl groups is 2. The molecular weight excluding hydrogens is 376 g/mol. The number of carboxylic acids is 1. The van der Waals surface area contributed by atoms with Gasteiger partial charge < -0.3 is 15.3 Å². The molecule has 4 rings (SSSR count). The maximum Gasteiger partial charge on any atom is 0.335 e. The average Bonchev–Trinajstić information content (AvgIpc) is 3.11. The summed E-state index contributed by atoms with van der Waals surface area (Å²) in [5.41, 5.74) is 2.26. The van der Waals surface area contributed by atoms with Gasteiger partial charge in [0.15, 0.2) is 0 Å². The topological polar surface area (TPSA) is 103 Å². The lowest BCUT2D eigenvalue weighted by Crippen LogP contribution is -1.97. The first-order valence-corrected chi connectivity index (χ1v) is 9.12. The van der Waals surface area contributed by atoms with Gasteiger partial charge in [0.05, 0.1) is 27.0 Å². The van der Waals surface area contributed by atoms with E-state index in [1.807, 2.05) is 24.3 Å². The Hall–Kier alpha value is -3.71. The number of phenols is 2. The number of carboxylic acid groups (broad SMARTS) is 1. The molecule has 0 radical (unpaired) electrons. The molecule has 1 heterocycles. The molecule has 0 saturated carbocycles. The molecule has 3 aromatic carbocycles. The molecule has 7 heteroatoms. The van der Waals surface area contributed by atoms with E-state index in [1.54, 1.807) is 12.1 Å². The van der Waals surface area contributed by atoms with Crippen LogP contribution in [-0.4, -0.2) is 32.5 Å². The van der Waals surface area contributed by atoms with Crippen molar-refractivity contribution in [2.24, 2.45) is 4.99 Å². The lowest BCUT2D eigenvalue weighted by molar-refractivity contribution is 0.0697. The number of aliphatic imine (C=N–C) groups is 1. The molecule has 0 saturated heterocycles. The van der Waals surface area contributed by atoms with E-state index in [2.05, 4.69) is 9.98 Å². The van der Waals surface area contributed by atoms with E-state index in [1.165, 1.54) is 41.8 Å². The molecule has 0 atom stereocenters. The minimum absolute atomic E-state index is 0.0391. The van der Waals surface area contributed by atoms with E-state index >= 15 is 0 Å². The van der Waals surface area contributed by atoms with Gasteiger partial charge in [0.2, 0.25) is 0 Å². The Labute approximate surface area is 163 Å². The van der Waals surface area contributed by atoms with Crippen LogP contribution in [0.25, 0.3) is 20.8 Å². The number of aromatic nitrogens is 1. The number of aromatic carboxylic acids is 1. The molecule has 0 bridgehead atoms. The van der Waals surface area contributed by atoms with Crippen molar-refractivity contribution in [3.63, 3.8) is 0 Å². The maximum absolute atomic E-state index is 11.1. The van der Waals surface area contributed by atoms with Crippen LogP contribution in [0.5, 0.6) is 11.5 Å². The first kappa shape index (κ1) is 17.7. The number of benzene rings is 3. The number of rotatable bonds is 4. The Balaban J connectivity index is 1.64. The fraction of sp³-hybridized carbons (Fsp3) is 0. The summed E-state index contributed by atoms with van der Waals surface area (Å²) in [7, 11) is 0. The maximum atomic E-state index is 11.1. The first-order valence-electron chi connectivity index (χ1n) is 8.30. The van der Waals surface area contributed by atoms with Crippen LogP contribution in [0, 0.1) is 0 Å². The third-order valence-electron chi connectivity index (χ3n) is 4.13. The van der Waals surface area contributed by atoms with Crippen molar-refractivity contribution in [2.45, 2.75) is 0 Å². The lowest BCUT2D eigenvalue weighted by Gasteiger charge is -2.03. The molecule has 0 fully saturated rings. The van der Waals surface area contributed by atoms with Crippen LogP contribution in [0.3, 0.4) is 0 Å². The summed E-state index contributed by atoms with van der Waals surface area (Å²) in [6, 6.07) is 16.6. The van der Waals surface area contributed by atoms with Crippen LogP contribution in [0.15, 0.2) is 65.7 Å². The van der Waals surface area contributed by atoms with Crippen LogP contribution in [0.4, 0.5) is 5.69 Å². The molecule has 0 amide bonds.